The molecule has 7 nitrogen and oxygen atoms in total. The summed E-state index contributed by atoms with van der Waals surface area (Å²) in [6, 6.07) is 20.7. The molecule has 0 atom stereocenters. The molecule has 4 rings (SSSR count). The first-order valence-electron chi connectivity index (χ1n) is 8.65. The van der Waals surface area contributed by atoms with Crippen LogP contribution in [0.3, 0.4) is 0 Å². The predicted octanol–water partition coefficient (Wildman–Crippen LogP) is 3.25. The van der Waals surface area contributed by atoms with Gasteiger partial charge in [0.1, 0.15) is 12.4 Å². The molecule has 0 aliphatic carbocycles. The average molecular weight is 368 g/mol. The van der Waals surface area contributed by atoms with Crippen LogP contribution in [-0.4, -0.2) is 25.5 Å². The van der Waals surface area contributed by atoms with Crippen LogP contribution in [0.25, 0.3) is 16.8 Å². The van der Waals surface area contributed by atoms with Crippen molar-refractivity contribution in [2.24, 2.45) is 0 Å². The summed E-state index contributed by atoms with van der Waals surface area (Å²) in [5.41, 5.74) is 3.29. The van der Waals surface area contributed by atoms with Crippen molar-refractivity contribution in [3.8, 4) is 22.9 Å². The van der Waals surface area contributed by atoms with Gasteiger partial charge in [-0.1, -0.05) is 30.3 Å². The largest absolute Gasteiger partial charge is 0.309 e. The van der Waals surface area contributed by atoms with Crippen molar-refractivity contribution in [2.75, 3.05) is 5.32 Å². The molecule has 0 saturated carbocycles. The number of nitrogens with one attached hydrogen (secondary N) is 1. The van der Waals surface area contributed by atoms with Crippen molar-refractivity contribution < 1.29 is 4.79 Å². The van der Waals surface area contributed by atoms with Gasteiger partial charge in [-0.2, -0.15) is 15.5 Å². The van der Waals surface area contributed by atoms with E-state index in [2.05, 4.69) is 21.6 Å². The van der Waals surface area contributed by atoms with Crippen LogP contribution >= 0.6 is 0 Å². The number of nitrogens with zero attached hydrogens (tertiary/aromatic N) is 5. The van der Waals surface area contributed by atoms with Gasteiger partial charge >= 0.3 is 0 Å². The molecule has 2 aromatic heterocycles. The lowest BCUT2D eigenvalue weighted by molar-refractivity contribution is -0.116. The number of nitriles is 1. The molecule has 7 heteroatoms. The molecule has 0 unspecified atom stereocenters. The lowest BCUT2D eigenvalue weighted by Gasteiger charge is -2.09. The van der Waals surface area contributed by atoms with Gasteiger partial charge in [0.2, 0.25) is 5.91 Å². The third-order valence-electron chi connectivity index (χ3n) is 4.20. The van der Waals surface area contributed by atoms with Crippen LogP contribution in [0, 0.1) is 11.3 Å². The van der Waals surface area contributed by atoms with E-state index in [9.17, 15) is 4.79 Å². The number of hydrogen-bond acceptors (Lipinski definition) is 4. The van der Waals surface area contributed by atoms with Gasteiger partial charge in [0.25, 0.3) is 0 Å². The molecule has 28 heavy (non-hydrogen) atoms. The van der Waals surface area contributed by atoms with Crippen molar-refractivity contribution in [1.82, 2.24) is 19.6 Å². The number of benzene rings is 2. The van der Waals surface area contributed by atoms with Crippen molar-refractivity contribution in [2.45, 2.75) is 6.54 Å². The topological polar surface area (TPSA) is 88.5 Å². The Balaban J connectivity index is 1.45. The van der Waals surface area contributed by atoms with Crippen LogP contribution in [0.2, 0.25) is 0 Å². The summed E-state index contributed by atoms with van der Waals surface area (Å²) in [4.78, 5) is 12.4. The first kappa shape index (κ1) is 17.2. The minimum atomic E-state index is -0.202. The summed E-state index contributed by atoms with van der Waals surface area (Å²) in [6.07, 6.45) is 5.14. The molecule has 0 fully saturated rings. The lowest BCUT2D eigenvalue weighted by Crippen LogP contribution is -2.20. The Bertz CT molecular complexity index is 1140. The zero-order chi connectivity index (χ0) is 19.3. The van der Waals surface area contributed by atoms with Crippen LogP contribution in [0.5, 0.6) is 0 Å². The highest BCUT2D eigenvalue weighted by molar-refractivity contribution is 5.90. The fourth-order valence-electron chi connectivity index (χ4n) is 2.84. The molecule has 0 bridgehead atoms. The van der Waals surface area contributed by atoms with Gasteiger partial charge in [-0.25, -0.2) is 4.68 Å². The fourth-order valence-corrected chi connectivity index (χ4v) is 2.84. The minimum Gasteiger partial charge on any atom is -0.309 e. The van der Waals surface area contributed by atoms with Crippen LogP contribution < -0.4 is 5.32 Å². The molecular formula is C21H16N6O. The monoisotopic (exact) mass is 368 g/mol. The van der Waals surface area contributed by atoms with Crippen molar-refractivity contribution in [3.63, 3.8) is 0 Å². The number of aromatic nitrogens is 4. The molecule has 1 amide bonds. The minimum absolute atomic E-state index is 0.0796. The van der Waals surface area contributed by atoms with Gasteiger partial charge in [-0.05, 0) is 29.8 Å². The van der Waals surface area contributed by atoms with Gasteiger partial charge in [-0.3, -0.25) is 9.48 Å². The molecule has 2 aromatic carbocycles. The van der Waals surface area contributed by atoms with E-state index < -0.39 is 0 Å². The van der Waals surface area contributed by atoms with E-state index in [0.29, 0.717) is 11.4 Å². The van der Waals surface area contributed by atoms with Crippen molar-refractivity contribution >= 4 is 11.7 Å². The van der Waals surface area contributed by atoms with Crippen molar-refractivity contribution in [3.05, 3.63) is 84.8 Å². The normalized spacial score (nSPS) is 10.4. The van der Waals surface area contributed by atoms with E-state index in [0.717, 1.165) is 16.8 Å². The quantitative estimate of drug-likeness (QED) is 0.586. The van der Waals surface area contributed by atoms with Gasteiger partial charge in [0.05, 0.1) is 29.7 Å². The Kier molecular flexibility index (Phi) is 4.68. The highest BCUT2D eigenvalue weighted by Crippen LogP contribution is 2.19. The molecule has 0 spiro atoms. The predicted molar refractivity (Wildman–Crippen MR) is 105 cm³/mol. The van der Waals surface area contributed by atoms with Gasteiger partial charge in [0, 0.05) is 17.8 Å². The number of amides is 1. The average Bonchev–Trinajstić information content (AvgIpc) is 3.38. The molecular weight excluding hydrogens is 352 g/mol. The van der Waals surface area contributed by atoms with E-state index in [4.69, 9.17) is 5.26 Å². The van der Waals surface area contributed by atoms with Crippen LogP contribution in [0.4, 0.5) is 5.82 Å². The summed E-state index contributed by atoms with van der Waals surface area (Å²) in [7, 11) is 0. The second kappa shape index (κ2) is 7.60. The van der Waals surface area contributed by atoms with E-state index in [-0.39, 0.29) is 12.5 Å². The van der Waals surface area contributed by atoms with Crippen LogP contribution in [-0.2, 0) is 11.3 Å². The molecule has 0 aliphatic heterocycles. The number of hydrogen-bond donors (Lipinski definition) is 1. The maximum atomic E-state index is 12.4. The van der Waals surface area contributed by atoms with Crippen LogP contribution in [0.1, 0.15) is 5.56 Å². The summed E-state index contributed by atoms with van der Waals surface area (Å²) < 4.78 is 3.25. The lowest BCUT2D eigenvalue weighted by atomic mass is 10.1. The Morgan fingerprint density at radius 2 is 1.79 bits per heavy atom. The summed E-state index contributed by atoms with van der Waals surface area (Å²) in [5, 5.41) is 20.3. The third kappa shape index (κ3) is 3.66. The zero-order valence-corrected chi connectivity index (χ0v) is 14.9. The summed E-state index contributed by atoms with van der Waals surface area (Å²) in [6.45, 7) is 0.0796. The van der Waals surface area contributed by atoms with Gasteiger partial charge in [-0.15, -0.1) is 0 Å². The molecule has 0 aliphatic rings. The molecule has 2 heterocycles. The standard InChI is InChI=1S/C21H16N6O/c22-12-16-6-8-17(9-7-16)18-13-24-26(14-18)15-21(28)25-20-10-11-23-27(20)19-4-2-1-3-5-19/h1-11,13-14H,15H2,(H,25,28). The molecule has 0 radical (unpaired) electrons. The second-order valence-corrected chi connectivity index (χ2v) is 6.13. The van der Waals surface area contributed by atoms with E-state index >= 15 is 0 Å². The second-order valence-electron chi connectivity index (χ2n) is 6.13. The Morgan fingerprint density at radius 1 is 1.00 bits per heavy atom. The van der Waals surface area contributed by atoms with Gasteiger partial charge < -0.3 is 5.32 Å². The van der Waals surface area contributed by atoms with E-state index in [1.807, 2.05) is 42.5 Å². The number of para-hydroxylation sites is 1. The molecule has 1 N–H and O–H groups in total. The summed E-state index contributed by atoms with van der Waals surface area (Å²) in [5.74, 6) is 0.392. The maximum absolute atomic E-state index is 12.4. The first-order valence-corrected chi connectivity index (χ1v) is 8.65. The molecule has 4 aromatic rings. The zero-order valence-electron chi connectivity index (χ0n) is 14.9. The molecule has 0 saturated heterocycles. The highest BCUT2D eigenvalue weighted by Gasteiger charge is 2.10. The fraction of sp³-hybridized carbons (Fsp3) is 0.0476. The third-order valence-corrected chi connectivity index (χ3v) is 4.20. The number of rotatable bonds is 5. The summed E-state index contributed by atoms with van der Waals surface area (Å²) >= 11 is 0. The smallest absolute Gasteiger partial charge is 0.247 e. The maximum Gasteiger partial charge on any atom is 0.247 e. The Hall–Kier alpha value is -4.18. The highest BCUT2D eigenvalue weighted by atomic mass is 16.2. The van der Waals surface area contributed by atoms with Crippen LogP contribution in [0.15, 0.2) is 79.3 Å². The Morgan fingerprint density at radius 3 is 2.54 bits per heavy atom. The molecule has 136 valence electrons. The van der Waals surface area contributed by atoms with E-state index in [1.165, 1.54) is 0 Å². The Labute approximate surface area is 161 Å². The number of anilines is 1. The number of carbonyl (C=O) groups excluding carboxylic acids is 1. The van der Waals surface area contributed by atoms with Crippen molar-refractivity contribution in [1.29, 1.82) is 5.26 Å². The number of carbonyl (C=O) groups is 1. The first-order chi connectivity index (χ1) is 13.7. The van der Waals surface area contributed by atoms with Gasteiger partial charge in [0.15, 0.2) is 0 Å². The van der Waals surface area contributed by atoms with E-state index in [1.54, 1.807) is 46.2 Å². The SMILES string of the molecule is N#Cc1ccc(-c2cnn(CC(=O)Nc3ccnn3-c3ccccc3)c2)cc1.